The highest BCUT2D eigenvalue weighted by Gasteiger charge is 2.26. The number of hydrogen-bond acceptors (Lipinski definition) is 5. The van der Waals surface area contributed by atoms with Crippen LogP contribution in [0.5, 0.6) is 0 Å². The van der Waals surface area contributed by atoms with Crippen LogP contribution in [-0.2, 0) is 24.3 Å². The number of fused-ring (bicyclic) bond motifs is 1. The van der Waals surface area contributed by atoms with Crippen LogP contribution in [0.25, 0.3) is 17.0 Å². The lowest BCUT2D eigenvalue weighted by Crippen LogP contribution is -2.29. The quantitative estimate of drug-likeness (QED) is 0.378. The number of halogens is 4. The topological polar surface area (TPSA) is 114 Å². The molecule has 35 heavy (non-hydrogen) atoms. The van der Waals surface area contributed by atoms with Gasteiger partial charge in [-0.2, -0.15) is 18.3 Å². The fourth-order valence-electron chi connectivity index (χ4n) is 3.50. The van der Waals surface area contributed by atoms with E-state index in [2.05, 4.69) is 15.5 Å². The summed E-state index contributed by atoms with van der Waals surface area (Å²) in [5.41, 5.74) is 0.165. The molecular formula is C22H19ClF3N5O4. The first-order valence-corrected chi connectivity index (χ1v) is 10.8. The minimum absolute atomic E-state index is 0.0660. The van der Waals surface area contributed by atoms with Crippen LogP contribution >= 0.6 is 11.6 Å². The van der Waals surface area contributed by atoms with Crippen molar-refractivity contribution in [1.82, 2.24) is 24.4 Å². The Balaban J connectivity index is 1.64. The van der Waals surface area contributed by atoms with Crippen LogP contribution in [0.2, 0.25) is 5.02 Å². The van der Waals surface area contributed by atoms with E-state index in [4.69, 9.17) is 16.1 Å². The second-order valence-corrected chi connectivity index (χ2v) is 8.24. The lowest BCUT2D eigenvalue weighted by molar-refractivity contribution is -0.135. The van der Waals surface area contributed by atoms with Crippen molar-refractivity contribution in [2.75, 3.05) is 0 Å². The Bertz CT molecular complexity index is 1470. The first-order chi connectivity index (χ1) is 16.6. The molecule has 0 aliphatic rings. The predicted octanol–water partition coefficient (Wildman–Crippen LogP) is 3.30. The van der Waals surface area contributed by atoms with Gasteiger partial charge in [-0.05, 0) is 18.6 Å². The third-order valence-electron chi connectivity index (χ3n) is 5.13. The van der Waals surface area contributed by atoms with Crippen molar-refractivity contribution in [2.24, 2.45) is 0 Å². The van der Waals surface area contributed by atoms with Gasteiger partial charge in [0.25, 0.3) is 11.1 Å². The molecule has 0 saturated carbocycles. The van der Waals surface area contributed by atoms with Gasteiger partial charge in [0.15, 0.2) is 5.76 Å². The largest absolute Gasteiger partial charge is 0.389 e. The summed E-state index contributed by atoms with van der Waals surface area (Å²) in [6, 6.07) is 7.88. The molecule has 4 aromatic rings. The van der Waals surface area contributed by atoms with E-state index in [0.717, 1.165) is 0 Å². The summed E-state index contributed by atoms with van der Waals surface area (Å²) in [4.78, 5) is 41.1. The molecule has 0 aliphatic heterocycles. The third kappa shape index (κ3) is 6.01. The fourth-order valence-corrected chi connectivity index (χ4v) is 3.63. The first-order valence-electron chi connectivity index (χ1n) is 10.5. The van der Waals surface area contributed by atoms with E-state index in [0.29, 0.717) is 16.3 Å². The zero-order valence-electron chi connectivity index (χ0n) is 18.1. The summed E-state index contributed by atoms with van der Waals surface area (Å²) < 4.78 is 45.6. The highest BCUT2D eigenvalue weighted by molar-refractivity contribution is 6.30. The summed E-state index contributed by atoms with van der Waals surface area (Å²) in [6.45, 7) is -0.144. The SMILES string of the molecule is O=C(Cc1cn(CCCC(F)(F)F)c2nc(-c3ccc(Cl)cc3)cn2c1=O)NCc1cc(=O)[nH]o1. The van der Waals surface area contributed by atoms with Crippen molar-refractivity contribution in [1.29, 1.82) is 0 Å². The van der Waals surface area contributed by atoms with Crippen molar-refractivity contribution in [2.45, 2.75) is 38.5 Å². The van der Waals surface area contributed by atoms with E-state index in [1.165, 1.54) is 27.4 Å². The molecule has 0 radical (unpaired) electrons. The number of nitrogens with one attached hydrogen (secondary N) is 2. The number of H-pyrrole nitrogens is 1. The second-order valence-electron chi connectivity index (χ2n) is 7.81. The maximum absolute atomic E-state index is 13.1. The number of benzene rings is 1. The van der Waals surface area contributed by atoms with Crippen LogP contribution < -0.4 is 16.4 Å². The molecule has 0 atom stereocenters. The molecule has 0 aliphatic carbocycles. The monoisotopic (exact) mass is 509 g/mol. The van der Waals surface area contributed by atoms with E-state index in [9.17, 15) is 27.6 Å². The molecular weight excluding hydrogens is 491 g/mol. The van der Waals surface area contributed by atoms with Crippen LogP contribution in [0.15, 0.2) is 56.8 Å². The molecule has 3 heterocycles. The number of carbonyl (C=O) groups is 1. The number of alkyl halides is 3. The Hall–Kier alpha value is -3.80. The van der Waals surface area contributed by atoms with Gasteiger partial charge in [0.2, 0.25) is 11.7 Å². The number of nitrogens with zero attached hydrogens (tertiary/aromatic N) is 3. The Morgan fingerprint density at radius 3 is 2.57 bits per heavy atom. The molecule has 184 valence electrons. The Morgan fingerprint density at radius 1 is 1.17 bits per heavy atom. The van der Waals surface area contributed by atoms with E-state index in [1.54, 1.807) is 24.3 Å². The molecule has 0 unspecified atom stereocenters. The number of carbonyl (C=O) groups excluding carboxylic acids is 1. The van der Waals surface area contributed by atoms with Crippen molar-refractivity contribution in [3.05, 3.63) is 79.8 Å². The Labute approximate surface area is 200 Å². The molecule has 1 aromatic carbocycles. The van der Waals surface area contributed by atoms with Gasteiger partial charge in [-0.15, -0.1) is 0 Å². The van der Waals surface area contributed by atoms with Crippen LogP contribution in [0.4, 0.5) is 13.2 Å². The van der Waals surface area contributed by atoms with Crippen molar-refractivity contribution in [3.63, 3.8) is 0 Å². The smallest absolute Gasteiger partial charge is 0.382 e. The minimum atomic E-state index is -4.32. The van der Waals surface area contributed by atoms with Gasteiger partial charge in [-0.25, -0.2) is 4.98 Å². The van der Waals surface area contributed by atoms with Crippen LogP contribution in [0, 0.1) is 0 Å². The van der Waals surface area contributed by atoms with Gasteiger partial charge < -0.3 is 14.4 Å². The van der Waals surface area contributed by atoms with Crippen LogP contribution in [0.1, 0.15) is 24.2 Å². The van der Waals surface area contributed by atoms with Gasteiger partial charge in [0.05, 0.1) is 18.7 Å². The second kappa shape index (κ2) is 9.82. The molecule has 3 aromatic heterocycles. The lowest BCUT2D eigenvalue weighted by Gasteiger charge is -2.12. The standard InChI is InChI=1S/C22H19ClF3N5O4/c23-15-4-2-13(3-5-15)17-12-31-20(34)14(8-18(32)27-10-16-9-19(33)29-35-16)11-30(21(31)28-17)7-1-6-22(24,25)26/h2-5,9,11-12H,1,6-8,10H2,(H,27,32)(H,29,33). The molecule has 0 spiro atoms. The van der Waals surface area contributed by atoms with E-state index < -0.39 is 29.6 Å². The molecule has 2 N–H and O–H groups in total. The number of aryl methyl sites for hydroxylation is 1. The molecule has 1 amide bonds. The van der Waals surface area contributed by atoms with Crippen LogP contribution in [0.3, 0.4) is 0 Å². The molecule has 13 heteroatoms. The molecule has 0 fully saturated rings. The van der Waals surface area contributed by atoms with Crippen molar-refractivity contribution < 1.29 is 22.5 Å². The molecule has 9 nitrogen and oxygen atoms in total. The maximum atomic E-state index is 13.1. The molecule has 0 bridgehead atoms. The van der Waals surface area contributed by atoms with Gasteiger partial charge in [0.1, 0.15) is 0 Å². The zero-order chi connectivity index (χ0) is 25.2. The van der Waals surface area contributed by atoms with Crippen molar-refractivity contribution in [3.8, 4) is 11.3 Å². The van der Waals surface area contributed by atoms with E-state index >= 15 is 0 Å². The van der Waals surface area contributed by atoms with Gasteiger partial charge in [0, 0.05) is 47.6 Å². The first kappa shape index (κ1) is 24.3. The number of imidazole rings is 1. The van der Waals surface area contributed by atoms with Gasteiger partial charge >= 0.3 is 6.18 Å². The average molecular weight is 510 g/mol. The number of aromatic amines is 1. The summed E-state index contributed by atoms with van der Waals surface area (Å²) in [7, 11) is 0. The number of aromatic nitrogens is 4. The summed E-state index contributed by atoms with van der Waals surface area (Å²) in [6.07, 6.45) is -3.08. The van der Waals surface area contributed by atoms with Gasteiger partial charge in [-0.3, -0.25) is 18.8 Å². The summed E-state index contributed by atoms with van der Waals surface area (Å²) in [5, 5.41) is 5.13. The third-order valence-corrected chi connectivity index (χ3v) is 5.39. The van der Waals surface area contributed by atoms with Crippen molar-refractivity contribution >= 4 is 23.3 Å². The summed E-state index contributed by atoms with van der Waals surface area (Å²) >= 11 is 5.92. The highest BCUT2D eigenvalue weighted by Crippen LogP contribution is 2.23. The lowest BCUT2D eigenvalue weighted by atomic mass is 10.2. The normalized spacial score (nSPS) is 11.8. The Morgan fingerprint density at radius 2 is 1.91 bits per heavy atom. The predicted molar refractivity (Wildman–Crippen MR) is 120 cm³/mol. The fraction of sp³-hybridized carbons (Fsp3) is 0.273. The molecule has 0 saturated heterocycles. The number of rotatable bonds is 8. The number of hydrogen-bond donors (Lipinski definition) is 2. The Kier molecular flexibility index (Phi) is 6.83. The van der Waals surface area contributed by atoms with Crippen LogP contribution in [-0.4, -0.2) is 31.2 Å². The molecule has 4 rings (SSSR count). The van der Waals surface area contributed by atoms with E-state index in [1.807, 2.05) is 0 Å². The number of amides is 1. The highest BCUT2D eigenvalue weighted by atomic mass is 35.5. The minimum Gasteiger partial charge on any atom is -0.382 e. The average Bonchev–Trinajstić information content (AvgIpc) is 3.42. The zero-order valence-corrected chi connectivity index (χ0v) is 18.8. The summed E-state index contributed by atoms with van der Waals surface area (Å²) in [5.74, 6) is -0.184. The van der Waals surface area contributed by atoms with Gasteiger partial charge in [-0.1, -0.05) is 23.7 Å². The maximum Gasteiger partial charge on any atom is 0.389 e. The van der Waals surface area contributed by atoms with E-state index in [-0.39, 0.29) is 43.0 Å².